The first-order valence-corrected chi connectivity index (χ1v) is 14.1. The Morgan fingerprint density at radius 1 is 1.05 bits per heavy atom. The summed E-state index contributed by atoms with van der Waals surface area (Å²) in [5.74, 6) is -0.569. The number of aliphatic hydroxyl groups excluding tert-OH is 1. The van der Waals surface area contributed by atoms with Crippen LogP contribution in [0.5, 0.6) is 11.5 Å². The van der Waals surface area contributed by atoms with Crippen LogP contribution in [-0.2, 0) is 16.1 Å². The van der Waals surface area contributed by atoms with Gasteiger partial charge < -0.3 is 19.3 Å². The number of hydrogen-bond donors (Lipinski definition) is 1. The van der Waals surface area contributed by atoms with Gasteiger partial charge in [-0.3, -0.25) is 4.79 Å². The van der Waals surface area contributed by atoms with Crippen LogP contribution in [0.3, 0.4) is 0 Å². The summed E-state index contributed by atoms with van der Waals surface area (Å²) >= 11 is 4.59. The Balaban J connectivity index is 1.67. The molecule has 0 atom stereocenters. The second-order valence-electron chi connectivity index (χ2n) is 8.89. The Labute approximate surface area is 245 Å². The Morgan fingerprint density at radius 2 is 1.77 bits per heavy atom. The molecule has 1 N–H and O–H groups in total. The number of amides is 1. The number of esters is 1. The van der Waals surface area contributed by atoms with E-state index in [1.54, 1.807) is 57.4 Å². The van der Waals surface area contributed by atoms with E-state index >= 15 is 0 Å². The van der Waals surface area contributed by atoms with Crippen LogP contribution in [0.15, 0.2) is 86.4 Å². The van der Waals surface area contributed by atoms with Crippen molar-refractivity contribution in [3.63, 3.8) is 0 Å². The van der Waals surface area contributed by atoms with E-state index in [4.69, 9.17) is 14.2 Å². The first-order valence-electron chi connectivity index (χ1n) is 12.5. The van der Waals surface area contributed by atoms with Gasteiger partial charge in [-0.25, -0.2) is 9.79 Å². The van der Waals surface area contributed by atoms with Gasteiger partial charge in [0, 0.05) is 10.0 Å². The summed E-state index contributed by atoms with van der Waals surface area (Å²) in [5.41, 5.74) is 3.85. The zero-order valence-electron chi connectivity index (χ0n) is 22.5. The molecule has 0 bridgehead atoms. The summed E-state index contributed by atoms with van der Waals surface area (Å²) in [6, 6.07) is 18.6. The molecule has 0 aliphatic carbocycles. The maximum atomic E-state index is 13.0. The number of thioether (sulfide) groups is 1. The first-order chi connectivity index (χ1) is 19.2. The fraction of sp³-hybridized carbons (Fsp3) is 0.194. The topological polar surface area (TPSA) is 94.4 Å². The van der Waals surface area contributed by atoms with Crippen molar-refractivity contribution in [2.45, 2.75) is 27.4 Å². The second-order valence-corrected chi connectivity index (χ2v) is 10.8. The van der Waals surface area contributed by atoms with Crippen molar-refractivity contribution >= 4 is 50.7 Å². The summed E-state index contributed by atoms with van der Waals surface area (Å²) in [6.45, 7) is 5.96. The zero-order chi connectivity index (χ0) is 28.8. The first kappa shape index (κ1) is 29.2. The number of aliphatic imine (C=N–C) groups is 1. The Hall–Kier alpha value is -3.82. The number of rotatable bonds is 8. The van der Waals surface area contributed by atoms with E-state index in [2.05, 4.69) is 20.9 Å². The minimum Gasteiger partial charge on any atom is -0.506 e. The molecule has 1 heterocycles. The average Bonchev–Trinajstić information content (AvgIpc) is 3.23. The second kappa shape index (κ2) is 13.0. The molecule has 0 aromatic heterocycles. The van der Waals surface area contributed by atoms with Gasteiger partial charge in [0.25, 0.3) is 5.91 Å². The van der Waals surface area contributed by atoms with E-state index < -0.39 is 11.9 Å². The van der Waals surface area contributed by atoms with Gasteiger partial charge in [-0.2, -0.15) is 0 Å². The van der Waals surface area contributed by atoms with Gasteiger partial charge in [0.05, 0.1) is 18.6 Å². The van der Waals surface area contributed by atoms with Gasteiger partial charge in [0.1, 0.15) is 23.0 Å². The molecule has 0 fully saturated rings. The standard InChI is InChI=1S/C31H28BrNO6S/c1-5-38-31(36)27-28(34)26(40-30(27)33-29(35)22-9-7-6-8-19(22)3)15-21-14-24(37-4)25(16-23(21)32)39-17-20-12-10-18(2)11-13-20/h6-16,34H,5,17H2,1-4H3/b26-15-,33-30?. The summed E-state index contributed by atoms with van der Waals surface area (Å²) in [5, 5.41) is 11.1. The van der Waals surface area contributed by atoms with Crippen molar-refractivity contribution in [2.75, 3.05) is 13.7 Å². The SMILES string of the molecule is CCOC(=O)C1=C(O)/C(=C/c2cc(OC)c(OCc3ccc(C)cc3)cc2Br)SC1=NC(=O)c1ccccc1C. The van der Waals surface area contributed by atoms with Crippen molar-refractivity contribution < 1.29 is 28.9 Å². The Bertz CT molecular complexity index is 1540. The molecule has 0 saturated heterocycles. The smallest absolute Gasteiger partial charge is 0.344 e. The number of carbonyl (C=O) groups is 2. The third kappa shape index (κ3) is 6.66. The van der Waals surface area contributed by atoms with E-state index in [1.165, 1.54) is 5.56 Å². The van der Waals surface area contributed by atoms with Crippen molar-refractivity contribution in [1.29, 1.82) is 0 Å². The molecule has 1 aliphatic heterocycles. The normalized spacial score (nSPS) is 15.0. The van der Waals surface area contributed by atoms with Crippen LogP contribution < -0.4 is 9.47 Å². The molecule has 1 aliphatic rings. The number of ether oxygens (including phenoxy) is 3. The molecule has 0 saturated carbocycles. The molecule has 4 rings (SSSR count). The monoisotopic (exact) mass is 621 g/mol. The summed E-state index contributed by atoms with van der Waals surface area (Å²) in [7, 11) is 1.54. The Morgan fingerprint density at radius 3 is 2.45 bits per heavy atom. The van der Waals surface area contributed by atoms with Gasteiger partial charge >= 0.3 is 5.97 Å². The zero-order valence-corrected chi connectivity index (χ0v) is 24.9. The molecule has 7 nitrogen and oxygen atoms in total. The fourth-order valence-electron chi connectivity index (χ4n) is 3.88. The molecule has 1 amide bonds. The third-order valence-corrected chi connectivity index (χ3v) is 7.74. The highest BCUT2D eigenvalue weighted by molar-refractivity contribution is 9.10. The predicted molar refractivity (Wildman–Crippen MR) is 161 cm³/mol. The summed E-state index contributed by atoms with van der Waals surface area (Å²) < 4.78 is 17.4. The van der Waals surface area contributed by atoms with E-state index in [9.17, 15) is 14.7 Å². The fourth-order valence-corrected chi connectivity index (χ4v) is 5.32. The molecule has 3 aromatic carbocycles. The highest BCUT2D eigenvalue weighted by atomic mass is 79.9. The van der Waals surface area contributed by atoms with Crippen LogP contribution in [0.25, 0.3) is 6.08 Å². The van der Waals surface area contributed by atoms with Gasteiger partial charge in [0.2, 0.25) is 0 Å². The van der Waals surface area contributed by atoms with Crippen LogP contribution in [0.2, 0.25) is 0 Å². The van der Waals surface area contributed by atoms with E-state index in [1.807, 2.05) is 37.3 Å². The number of carbonyl (C=O) groups excluding carboxylic acids is 2. The lowest BCUT2D eigenvalue weighted by Crippen LogP contribution is -2.14. The molecule has 0 unspecified atom stereocenters. The van der Waals surface area contributed by atoms with Gasteiger partial charge in [-0.05, 0) is 61.7 Å². The number of halogens is 1. The molecule has 40 heavy (non-hydrogen) atoms. The molecule has 9 heteroatoms. The summed E-state index contributed by atoms with van der Waals surface area (Å²) in [4.78, 5) is 30.2. The molecule has 0 spiro atoms. The molecule has 0 radical (unpaired) electrons. The van der Waals surface area contributed by atoms with Crippen LogP contribution in [0.4, 0.5) is 0 Å². The third-order valence-electron chi connectivity index (χ3n) is 6.03. The number of aryl methyl sites for hydroxylation is 2. The lowest BCUT2D eigenvalue weighted by molar-refractivity contribution is -0.138. The maximum absolute atomic E-state index is 13.0. The van der Waals surface area contributed by atoms with Crippen LogP contribution in [-0.4, -0.2) is 35.7 Å². The lowest BCUT2D eigenvalue weighted by Gasteiger charge is -2.13. The lowest BCUT2D eigenvalue weighted by atomic mass is 10.1. The van der Waals surface area contributed by atoms with E-state index in [0.717, 1.165) is 22.9 Å². The highest BCUT2D eigenvalue weighted by Crippen LogP contribution is 2.42. The molecule has 3 aromatic rings. The maximum Gasteiger partial charge on any atom is 0.344 e. The number of nitrogens with zero attached hydrogens (tertiary/aromatic N) is 1. The average molecular weight is 623 g/mol. The number of methoxy groups -OCH3 is 1. The Kier molecular flexibility index (Phi) is 9.50. The van der Waals surface area contributed by atoms with Gasteiger partial charge in [0.15, 0.2) is 11.5 Å². The predicted octanol–water partition coefficient (Wildman–Crippen LogP) is 7.36. The van der Waals surface area contributed by atoms with Crippen molar-refractivity contribution in [2.24, 2.45) is 4.99 Å². The minimum atomic E-state index is -0.760. The van der Waals surface area contributed by atoms with Crippen LogP contribution >= 0.6 is 27.7 Å². The number of benzene rings is 3. The number of hydrogen-bond acceptors (Lipinski definition) is 7. The number of aliphatic hydroxyl groups is 1. The van der Waals surface area contributed by atoms with Crippen LogP contribution in [0.1, 0.15) is 39.5 Å². The largest absolute Gasteiger partial charge is 0.506 e. The van der Waals surface area contributed by atoms with Crippen molar-refractivity contribution in [3.8, 4) is 11.5 Å². The molecular weight excluding hydrogens is 594 g/mol. The van der Waals surface area contributed by atoms with Crippen molar-refractivity contribution in [1.82, 2.24) is 0 Å². The van der Waals surface area contributed by atoms with Gasteiger partial charge in [-0.1, -0.05) is 75.7 Å². The van der Waals surface area contributed by atoms with Crippen molar-refractivity contribution in [3.05, 3.63) is 109 Å². The minimum absolute atomic E-state index is 0.0663. The van der Waals surface area contributed by atoms with Gasteiger partial charge in [-0.15, -0.1) is 0 Å². The quantitative estimate of drug-likeness (QED) is 0.263. The van der Waals surface area contributed by atoms with Crippen LogP contribution in [0, 0.1) is 13.8 Å². The molecular formula is C31H28BrNO6S. The van der Waals surface area contributed by atoms with E-state index in [0.29, 0.717) is 38.6 Å². The highest BCUT2D eigenvalue weighted by Gasteiger charge is 2.34. The van der Waals surface area contributed by atoms with E-state index in [-0.39, 0.29) is 23.0 Å². The summed E-state index contributed by atoms with van der Waals surface area (Å²) in [6.07, 6.45) is 1.68. The molecule has 206 valence electrons.